The average molecular weight is 468 g/mol. The second kappa shape index (κ2) is 9.75. The van der Waals surface area contributed by atoms with Gasteiger partial charge in [0.1, 0.15) is 5.75 Å². The van der Waals surface area contributed by atoms with Crippen molar-refractivity contribution in [3.8, 4) is 23.0 Å². The molecule has 2 N–H and O–H groups in total. The molecule has 0 aliphatic heterocycles. The summed E-state index contributed by atoms with van der Waals surface area (Å²) in [5.41, 5.74) is 1.19. The molecule has 1 saturated carbocycles. The van der Waals surface area contributed by atoms with Gasteiger partial charge >= 0.3 is 6.03 Å². The second-order valence-corrected chi connectivity index (χ2v) is 9.34. The molecule has 1 aliphatic carbocycles. The highest BCUT2D eigenvalue weighted by molar-refractivity contribution is 5.90. The van der Waals surface area contributed by atoms with Gasteiger partial charge in [0.25, 0.3) is 0 Å². The van der Waals surface area contributed by atoms with Crippen LogP contribution in [0.3, 0.4) is 0 Å². The van der Waals surface area contributed by atoms with Gasteiger partial charge in [0, 0.05) is 35.4 Å². The van der Waals surface area contributed by atoms with E-state index in [1.165, 1.54) is 19.2 Å². The fourth-order valence-corrected chi connectivity index (χ4v) is 4.49. The van der Waals surface area contributed by atoms with Gasteiger partial charge in [-0.25, -0.2) is 9.18 Å². The predicted molar refractivity (Wildman–Crippen MR) is 130 cm³/mol. The molecule has 0 bridgehead atoms. The van der Waals surface area contributed by atoms with Crippen LogP contribution < -0.4 is 24.8 Å². The molecule has 2 amide bonds. The maximum Gasteiger partial charge on any atom is 0.319 e. The molecule has 2 aromatic carbocycles. The molecule has 1 unspecified atom stereocenters. The highest BCUT2D eigenvalue weighted by Crippen LogP contribution is 2.38. The first-order chi connectivity index (χ1) is 16.3. The summed E-state index contributed by atoms with van der Waals surface area (Å²) in [6.07, 6.45) is 5.70. The molecule has 4 rings (SSSR count). The van der Waals surface area contributed by atoms with Gasteiger partial charge in [-0.2, -0.15) is 0 Å². The number of methoxy groups -OCH3 is 2. The van der Waals surface area contributed by atoms with Crippen LogP contribution in [-0.2, 0) is 0 Å². The van der Waals surface area contributed by atoms with Crippen LogP contribution in [0, 0.1) is 11.2 Å². The largest absolute Gasteiger partial charge is 0.493 e. The zero-order chi connectivity index (χ0) is 24.3. The number of halogens is 1. The number of fused-ring (bicyclic) bond motifs is 1. The van der Waals surface area contributed by atoms with Crippen molar-refractivity contribution in [1.29, 1.82) is 0 Å². The molecule has 0 saturated heterocycles. The van der Waals surface area contributed by atoms with E-state index in [2.05, 4.69) is 29.5 Å². The third-order valence-electron chi connectivity index (χ3n) is 6.16. The highest BCUT2D eigenvalue weighted by Gasteiger charge is 2.28. The van der Waals surface area contributed by atoms with Gasteiger partial charge in [-0.1, -0.05) is 20.3 Å². The number of amides is 2. The molecule has 1 atom stereocenters. The van der Waals surface area contributed by atoms with E-state index < -0.39 is 5.82 Å². The number of aromatic nitrogens is 1. The summed E-state index contributed by atoms with van der Waals surface area (Å²) in [6, 6.07) is 9.24. The van der Waals surface area contributed by atoms with Crippen LogP contribution in [0.1, 0.15) is 39.5 Å². The van der Waals surface area contributed by atoms with Gasteiger partial charge in [-0.05, 0) is 48.9 Å². The Kier molecular flexibility index (Phi) is 6.77. The Morgan fingerprint density at radius 1 is 1.06 bits per heavy atom. The third-order valence-corrected chi connectivity index (χ3v) is 6.16. The molecule has 180 valence electrons. The standard InChI is InChI=1S/C26H30FN3O4/c1-26(2)10-5-6-17(15-26)30-25(31)29-16-7-8-22(19(27)12-16)34-21-9-11-28-20-14-24(33-4)23(32-3)13-18(20)21/h7-9,11-14,17H,5-6,10,15H2,1-4H3,(H2,29,30,31). The summed E-state index contributed by atoms with van der Waals surface area (Å²) in [5, 5.41) is 6.37. The Morgan fingerprint density at radius 3 is 2.53 bits per heavy atom. The molecule has 1 aliphatic rings. The van der Waals surface area contributed by atoms with Gasteiger partial charge in [0.2, 0.25) is 0 Å². The molecule has 0 spiro atoms. The van der Waals surface area contributed by atoms with Crippen LogP contribution in [0.25, 0.3) is 10.9 Å². The van der Waals surface area contributed by atoms with Crippen molar-refractivity contribution in [2.45, 2.75) is 45.6 Å². The molecule has 8 heteroatoms. The number of urea groups is 1. The van der Waals surface area contributed by atoms with Gasteiger partial charge in [0.05, 0.1) is 19.7 Å². The number of carbonyl (C=O) groups excluding carboxylic acids is 1. The van der Waals surface area contributed by atoms with E-state index in [1.54, 1.807) is 37.6 Å². The van der Waals surface area contributed by atoms with Crippen molar-refractivity contribution in [2.75, 3.05) is 19.5 Å². The normalized spacial score (nSPS) is 17.1. The van der Waals surface area contributed by atoms with Gasteiger partial charge in [-0.3, -0.25) is 4.98 Å². The maximum atomic E-state index is 14.9. The van der Waals surface area contributed by atoms with E-state index in [4.69, 9.17) is 14.2 Å². The van der Waals surface area contributed by atoms with Crippen molar-refractivity contribution < 1.29 is 23.4 Å². The Labute approximate surface area is 198 Å². The summed E-state index contributed by atoms with van der Waals surface area (Å²) in [7, 11) is 3.09. The first-order valence-corrected chi connectivity index (χ1v) is 11.3. The van der Waals surface area contributed by atoms with Crippen LogP contribution in [0.15, 0.2) is 42.6 Å². The van der Waals surface area contributed by atoms with E-state index in [0.29, 0.717) is 33.8 Å². The summed E-state index contributed by atoms with van der Waals surface area (Å²) in [4.78, 5) is 16.8. The summed E-state index contributed by atoms with van der Waals surface area (Å²) >= 11 is 0. The number of hydrogen-bond acceptors (Lipinski definition) is 5. The van der Waals surface area contributed by atoms with E-state index in [9.17, 15) is 9.18 Å². The van der Waals surface area contributed by atoms with E-state index >= 15 is 0 Å². The fraction of sp³-hybridized carbons (Fsp3) is 0.385. The van der Waals surface area contributed by atoms with Crippen LogP contribution >= 0.6 is 0 Å². The van der Waals surface area contributed by atoms with Crippen molar-refractivity contribution in [3.63, 3.8) is 0 Å². The minimum atomic E-state index is -0.595. The number of carbonyl (C=O) groups is 1. The van der Waals surface area contributed by atoms with Crippen molar-refractivity contribution in [3.05, 3.63) is 48.4 Å². The van der Waals surface area contributed by atoms with E-state index in [0.717, 1.165) is 25.7 Å². The Hall–Kier alpha value is -3.55. The average Bonchev–Trinajstić information content (AvgIpc) is 2.79. The Bertz CT molecular complexity index is 1200. The molecule has 0 radical (unpaired) electrons. The van der Waals surface area contributed by atoms with Crippen molar-refractivity contribution >= 4 is 22.6 Å². The minimum absolute atomic E-state index is 0.0299. The Balaban J connectivity index is 1.47. The quantitative estimate of drug-likeness (QED) is 0.446. The first kappa shape index (κ1) is 23.6. The van der Waals surface area contributed by atoms with Crippen LogP contribution in [0.2, 0.25) is 0 Å². The summed E-state index contributed by atoms with van der Waals surface area (Å²) in [6.45, 7) is 4.43. The van der Waals surface area contributed by atoms with Gasteiger partial charge < -0.3 is 24.8 Å². The lowest BCUT2D eigenvalue weighted by molar-refractivity contribution is 0.196. The maximum absolute atomic E-state index is 14.9. The van der Waals surface area contributed by atoms with E-state index in [1.807, 2.05) is 0 Å². The highest BCUT2D eigenvalue weighted by atomic mass is 19.1. The number of rotatable bonds is 6. The number of benzene rings is 2. The lowest BCUT2D eigenvalue weighted by Crippen LogP contribution is -2.42. The molecule has 7 nitrogen and oxygen atoms in total. The summed E-state index contributed by atoms with van der Waals surface area (Å²) < 4.78 is 31.4. The molecule has 1 heterocycles. The lowest BCUT2D eigenvalue weighted by atomic mass is 9.75. The number of ether oxygens (including phenoxy) is 3. The predicted octanol–water partition coefficient (Wildman–Crippen LogP) is 6.27. The van der Waals surface area contributed by atoms with Crippen LogP contribution in [0.5, 0.6) is 23.0 Å². The number of hydrogen-bond donors (Lipinski definition) is 2. The summed E-state index contributed by atoms with van der Waals surface area (Å²) in [5.74, 6) is 0.907. The topological polar surface area (TPSA) is 81.7 Å². The zero-order valence-electron chi connectivity index (χ0n) is 19.9. The molecule has 1 fully saturated rings. The van der Waals surface area contributed by atoms with Gasteiger partial charge in [0.15, 0.2) is 23.1 Å². The van der Waals surface area contributed by atoms with Crippen LogP contribution in [-0.4, -0.2) is 31.3 Å². The van der Waals surface area contributed by atoms with Crippen molar-refractivity contribution in [2.24, 2.45) is 5.41 Å². The molecule has 3 aromatic rings. The number of anilines is 1. The lowest BCUT2D eigenvalue weighted by Gasteiger charge is -2.35. The minimum Gasteiger partial charge on any atom is -0.493 e. The molecule has 1 aromatic heterocycles. The Morgan fingerprint density at radius 2 is 1.82 bits per heavy atom. The van der Waals surface area contributed by atoms with Gasteiger partial charge in [-0.15, -0.1) is 0 Å². The first-order valence-electron chi connectivity index (χ1n) is 11.3. The fourth-order valence-electron chi connectivity index (χ4n) is 4.49. The molecule has 34 heavy (non-hydrogen) atoms. The van der Waals surface area contributed by atoms with Crippen molar-refractivity contribution in [1.82, 2.24) is 10.3 Å². The molecular weight excluding hydrogens is 437 g/mol. The van der Waals surface area contributed by atoms with E-state index in [-0.39, 0.29) is 23.2 Å². The third kappa shape index (κ3) is 5.32. The number of nitrogens with one attached hydrogen (secondary N) is 2. The molecular formula is C26H30FN3O4. The smallest absolute Gasteiger partial charge is 0.319 e. The monoisotopic (exact) mass is 467 g/mol. The van der Waals surface area contributed by atoms with Crippen LogP contribution in [0.4, 0.5) is 14.9 Å². The number of pyridine rings is 1. The number of nitrogens with zero attached hydrogens (tertiary/aromatic N) is 1. The second-order valence-electron chi connectivity index (χ2n) is 9.34. The zero-order valence-corrected chi connectivity index (χ0v) is 19.9. The SMILES string of the molecule is COc1cc2nccc(Oc3ccc(NC(=O)NC4CCCC(C)(C)C4)cc3F)c2cc1OC.